The van der Waals surface area contributed by atoms with E-state index in [2.05, 4.69) is 10.3 Å². The summed E-state index contributed by atoms with van der Waals surface area (Å²) in [7, 11) is 3.17. The SMILES string of the molecule is COc1ccc(-c2nc(C)c(C(=O)Nc3ccc(Cl)cc3)s2)cc1OC. The van der Waals surface area contributed by atoms with Crippen molar-refractivity contribution in [2.45, 2.75) is 6.92 Å². The van der Waals surface area contributed by atoms with Crippen LogP contribution in [0.5, 0.6) is 11.5 Å². The number of halogens is 1. The van der Waals surface area contributed by atoms with Crippen molar-refractivity contribution < 1.29 is 14.3 Å². The van der Waals surface area contributed by atoms with Crippen molar-refractivity contribution >= 4 is 34.5 Å². The lowest BCUT2D eigenvalue weighted by Gasteiger charge is -2.08. The van der Waals surface area contributed by atoms with Crippen molar-refractivity contribution in [1.29, 1.82) is 0 Å². The highest BCUT2D eigenvalue weighted by Crippen LogP contribution is 2.35. The van der Waals surface area contributed by atoms with Gasteiger partial charge in [-0.1, -0.05) is 11.6 Å². The summed E-state index contributed by atoms with van der Waals surface area (Å²) in [5, 5.41) is 4.22. The van der Waals surface area contributed by atoms with Gasteiger partial charge in [0.05, 0.1) is 19.9 Å². The van der Waals surface area contributed by atoms with Gasteiger partial charge in [-0.3, -0.25) is 4.79 Å². The molecule has 0 fully saturated rings. The Morgan fingerprint density at radius 2 is 1.77 bits per heavy atom. The molecular formula is C19H17ClN2O3S. The predicted octanol–water partition coefficient (Wildman–Crippen LogP) is 5.04. The Morgan fingerprint density at radius 3 is 2.42 bits per heavy atom. The molecule has 7 heteroatoms. The van der Waals surface area contributed by atoms with Crippen LogP contribution < -0.4 is 14.8 Å². The molecule has 3 rings (SSSR count). The second-order valence-corrected chi connectivity index (χ2v) is 6.90. The number of nitrogens with one attached hydrogen (secondary N) is 1. The zero-order valence-electron chi connectivity index (χ0n) is 14.5. The Morgan fingerprint density at radius 1 is 1.08 bits per heavy atom. The zero-order chi connectivity index (χ0) is 18.7. The molecule has 0 spiro atoms. The highest BCUT2D eigenvalue weighted by molar-refractivity contribution is 7.17. The quantitative estimate of drug-likeness (QED) is 0.665. The number of aryl methyl sites for hydroxylation is 1. The van der Waals surface area contributed by atoms with Crippen LogP contribution in [-0.4, -0.2) is 25.1 Å². The smallest absolute Gasteiger partial charge is 0.267 e. The van der Waals surface area contributed by atoms with Crippen LogP contribution in [0.15, 0.2) is 42.5 Å². The number of methoxy groups -OCH3 is 2. The van der Waals surface area contributed by atoms with Crippen LogP contribution in [0.4, 0.5) is 5.69 Å². The van der Waals surface area contributed by atoms with Gasteiger partial charge in [-0.2, -0.15) is 0 Å². The second kappa shape index (κ2) is 7.76. The Labute approximate surface area is 160 Å². The summed E-state index contributed by atoms with van der Waals surface area (Å²) < 4.78 is 10.6. The molecule has 0 atom stereocenters. The van der Waals surface area contributed by atoms with Crippen molar-refractivity contribution in [3.8, 4) is 22.1 Å². The van der Waals surface area contributed by atoms with Crippen molar-refractivity contribution in [2.24, 2.45) is 0 Å². The number of aromatic nitrogens is 1. The molecule has 1 aromatic heterocycles. The molecule has 1 amide bonds. The third-order valence-electron chi connectivity index (χ3n) is 3.74. The number of carbonyl (C=O) groups is 1. The first-order valence-electron chi connectivity index (χ1n) is 7.78. The minimum Gasteiger partial charge on any atom is -0.493 e. The Hall–Kier alpha value is -2.57. The summed E-state index contributed by atoms with van der Waals surface area (Å²) in [6.07, 6.45) is 0. The second-order valence-electron chi connectivity index (χ2n) is 5.46. The van der Waals surface area contributed by atoms with Gasteiger partial charge in [-0.25, -0.2) is 4.98 Å². The van der Waals surface area contributed by atoms with Gasteiger partial charge >= 0.3 is 0 Å². The van der Waals surface area contributed by atoms with Crippen LogP contribution in [0, 0.1) is 6.92 Å². The van der Waals surface area contributed by atoms with E-state index in [-0.39, 0.29) is 5.91 Å². The molecule has 0 saturated carbocycles. The summed E-state index contributed by atoms with van der Waals surface area (Å²) in [5.41, 5.74) is 2.22. The number of amides is 1. The number of benzene rings is 2. The van der Waals surface area contributed by atoms with Crippen molar-refractivity contribution in [1.82, 2.24) is 4.98 Å². The van der Waals surface area contributed by atoms with Gasteiger partial charge in [0.1, 0.15) is 9.88 Å². The molecule has 26 heavy (non-hydrogen) atoms. The Balaban J connectivity index is 1.87. The third kappa shape index (κ3) is 3.81. The van der Waals surface area contributed by atoms with E-state index in [4.69, 9.17) is 21.1 Å². The first kappa shape index (κ1) is 18.2. The van der Waals surface area contributed by atoms with Crippen LogP contribution in [0.3, 0.4) is 0 Å². The van der Waals surface area contributed by atoms with Gasteiger partial charge in [0.15, 0.2) is 11.5 Å². The number of ether oxygens (including phenoxy) is 2. The summed E-state index contributed by atoms with van der Waals surface area (Å²) in [6.45, 7) is 1.82. The molecule has 2 aromatic carbocycles. The maximum Gasteiger partial charge on any atom is 0.267 e. The van der Waals surface area contributed by atoms with Crippen LogP contribution in [0.2, 0.25) is 5.02 Å². The summed E-state index contributed by atoms with van der Waals surface area (Å²) in [6, 6.07) is 12.5. The van der Waals surface area contributed by atoms with E-state index in [9.17, 15) is 4.79 Å². The number of hydrogen-bond donors (Lipinski definition) is 1. The van der Waals surface area contributed by atoms with Crippen LogP contribution in [-0.2, 0) is 0 Å². The van der Waals surface area contributed by atoms with Crippen LogP contribution >= 0.6 is 22.9 Å². The lowest BCUT2D eigenvalue weighted by Crippen LogP contribution is -2.11. The lowest BCUT2D eigenvalue weighted by molar-refractivity contribution is 0.103. The minimum absolute atomic E-state index is 0.200. The van der Waals surface area contributed by atoms with E-state index in [1.54, 1.807) is 38.5 Å². The van der Waals surface area contributed by atoms with Gasteiger partial charge in [0, 0.05) is 16.3 Å². The van der Waals surface area contributed by atoms with Crippen LogP contribution in [0.25, 0.3) is 10.6 Å². The lowest BCUT2D eigenvalue weighted by atomic mass is 10.2. The number of nitrogens with zero attached hydrogens (tertiary/aromatic N) is 1. The topological polar surface area (TPSA) is 60.5 Å². The molecule has 0 radical (unpaired) electrons. The molecule has 1 heterocycles. The number of hydrogen-bond acceptors (Lipinski definition) is 5. The fourth-order valence-electron chi connectivity index (χ4n) is 2.42. The number of carbonyl (C=O) groups excluding carboxylic acids is 1. The average molecular weight is 389 g/mol. The van der Waals surface area contributed by atoms with Gasteiger partial charge in [-0.15, -0.1) is 11.3 Å². The van der Waals surface area contributed by atoms with E-state index in [1.807, 2.05) is 25.1 Å². The van der Waals surface area contributed by atoms with E-state index in [0.717, 1.165) is 10.6 Å². The fraction of sp³-hybridized carbons (Fsp3) is 0.158. The number of rotatable bonds is 5. The normalized spacial score (nSPS) is 10.5. The monoisotopic (exact) mass is 388 g/mol. The highest BCUT2D eigenvalue weighted by Gasteiger charge is 2.17. The predicted molar refractivity (Wildman–Crippen MR) is 105 cm³/mol. The fourth-order valence-corrected chi connectivity index (χ4v) is 3.50. The van der Waals surface area contributed by atoms with Crippen molar-refractivity contribution in [3.63, 3.8) is 0 Å². The molecule has 0 saturated heterocycles. The largest absolute Gasteiger partial charge is 0.493 e. The molecule has 134 valence electrons. The van der Waals surface area contributed by atoms with Crippen LogP contribution in [0.1, 0.15) is 15.4 Å². The molecule has 1 N–H and O–H groups in total. The maximum absolute atomic E-state index is 12.6. The van der Waals surface area contributed by atoms with Gasteiger partial charge < -0.3 is 14.8 Å². The maximum atomic E-state index is 12.6. The van der Waals surface area contributed by atoms with Gasteiger partial charge in [0.2, 0.25) is 0 Å². The van der Waals surface area contributed by atoms with Gasteiger partial charge in [-0.05, 0) is 49.4 Å². The zero-order valence-corrected chi connectivity index (χ0v) is 16.1. The number of anilines is 1. The Kier molecular flexibility index (Phi) is 5.44. The molecule has 5 nitrogen and oxygen atoms in total. The first-order valence-corrected chi connectivity index (χ1v) is 8.98. The molecule has 0 aliphatic heterocycles. The van der Waals surface area contributed by atoms with E-state index >= 15 is 0 Å². The van der Waals surface area contributed by atoms with E-state index in [0.29, 0.717) is 32.8 Å². The van der Waals surface area contributed by atoms with E-state index in [1.165, 1.54) is 11.3 Å². The molecule has 3 aromatic rings. The molecule has 0 aliphatic carbocycles. The summed E-state index contributed by atoms with van der Waals surface area (Å²) in [5.74, 6) is 1.06. The Bertz CT molecular complexity index is 938. The summed E-state index contributed by atoms with van der Waals surface area (Å²) >= 11 is 7.20. The minimum atomic E-state index is -0.200. The molecule has 0 bridgehead atoms. The third-order valence-corrected chi connectivity index (χ3v) is 5.19. The van der Waals surface area contributed by atoms with Gasteiger partial charge in [0.25, 0.3) is 5.91 Å². The molecular weight excluding hydrogens is 372 g/mol. The van der Waals surface area contributed by atoms with Crippen molar-refractivity contribution in [3.05, 3.63) is 58.1 Å². The van der Waals surface area contributed by atoms with E-state index < -0.39 is 0 Å². The average Bonchev–Trinajstić information content (AvgIpc) is 3.05. The number of thiazole rings is 1. The van der Waals surface area contributed by atoms with Crippen molar-refractivity contribution in [2.75, 3.05) is 19.5 Å². The standard InChI is InChI=1S/C19H17ClN2O3S/c1-11-17(18(23)22-14-7-5-13(20)6-8-14)26-19(21-11)12-4-9-15(24-2)16(10-12)25-3/h4-10H,1-3H3,(H,22,23). The molecule has 0 unspecified atom stereocenters. The molecule has 0 aliphatic rings. The summed E-state index contributed by atoms with van der Waals surface area (Å²) in [4.78, 5) is 17.7. The first-order chi connectivity index (χ1) is 12.5. The highest BCUT2D eigenvalue weighted by atomic mass is 35.5.